The highest BCUT2D eigenvalue weighted by molar-refractivity contribution is 7.99. The summed E-state index contributed by atoms with van der Waals surface area (Å²) in [6.07, 6.45) is 1.06. The minimum atomic E-state index is -0.762. The van der Waals surface area contributed by atoms with E-state index >= 15 is 0 Å². The number of β-lactam (4-membered cyclic amide) rings is 1. The van der Waals surface area contributed by atoms with Gasteiger partial charge in [0.1, 0.15) is 24.0 Å². The first-order valence-corrected chi connectivity index (χ1v) is 10.1. The minimum absolute atomic E-state index is 0.0987. The summed E-state index contributed by atoms with van der Waals surface area (Å²) < 4.78 is 15.6. The highest BCUT2D eigenvalue weighted by Crippen LogP contribution is 2.23. The number of hydrogen-bond acceptors (Lipinski definition) is 7. The fourth-order valence-electron chi connectivity index (χ4n) is 2.52. The minimum Gasteiger partial charge on any atom is -0.497 e. The smallest absolute Gasteiger partial charge is 0.408 e. The number of likely N-dealkylation sites (tertiary alicyclic amines) is 1. The Balaban J connectivity index is 1.84. The first-order valence-electron chi connectivity index (χ1n) is 8.77. The zero-order valence-corrected chi connectivity index (χ0v) is 17.5. The molecule has 1 aromatic carbocycles. The molecule has 154 valence electrons. The Morgan fingerprint density at radius 1 is 1.29 bits per heavy atom. The molecular weight excluding hydrogens is 384 g/mol. The van der Waals surface area contributed by atoms with Gasteiger partial charge in [-0.1, -0.05) is 12.1 Å². The van der Waals surface area contributed by atoms with Crippen molar-refractivity contribution in [2.75, 3.05) is 19.9 Å². The third kappa shape index (κ3) is 5.79. The Kier molecular flexibility index (Phi) is 7.17. The van der Waals surface area contributed by atoms with Crippen molar-refractivity contribution in [2.24, 2.45) is 0 Å². The average Bonchev–Trinajstić information content (AvgIpc) is 2.64. The summed E-state index contributed by atoms with van der Waals surface area (Å²) in [5, 5.41) is 1.75. The van der Waals surface area contributed by atoms with Crippen molar-refractivity contribution in [3.8, 4) is 5.75 Å². The number of alkyl carbamates (subject to hydrolysis) is 1. The lowest BCUT2D eigenvalue weighted by molar-refractivity contribution is -0.158. The van der Waals surface area contributed by atoms with E-state index in [4.69, 9.17) is 14.2 Å². The fraction of sp³-hybridized carbons (Fsp3) is 0.526. The van der Waals surface area contributed by atoms with Crippen molar-refractivity contribution in [3.05, 3.63) is 29.8 Å². The van der Waals surface area contributed by atoms with Crippen molar-refractivity contribution < 1.29 is 28.6 Å². The van der Waals surface area contributed by atoms with Gasteiger partial charge in [-0.2, -0.15) is 0 Å². The van der Waals surface area contributed by atoms with Crippen LogP contribution >= 0.6 is 11.8 Å². The largest absolute Gasteiger partial charge is 0.497 e. The molecule has 0 saturated carbocycles. The lowest BCUT2D eigenvalue weighted by atomic mass is 10.1. The Bertz CT molecular complexity index is 716. The molecule has 1 unspecified atom stereocenters. The van der Waals surface area contributed by atoms with Gasteiger partial charge in [0.15, 0.2) is 5.37 Å². The second-order valence-electron chi connectivity index (χ2n) is 7.23. The molecule has 0 aliphatic carbocycles. The molecule has 0 radical (unpaired) electrons. The number of nitrogens with one attached hydrogen (secondary N) is 1. The monoisotopic (exact) mass is 410 g/mol. The van der Waals surface area contributed by atoms with E-state index in [2.05, 4.69) is 5.32 Å². The number of ether oxygens (including phenoxy) is 3. The quantitative estimate of drug-likeness (QED) is 0.544. The highest BCUT2D eigenvalue weighted by atomic mass is 32.2. The van der Waals surface area contributed by atoms with Crippen LogP contribution in [0.2, 0.25) is 0 Å². The van der Waals surface area contributed by atoms with Gasteiger partial charge in [-0.3, -0.25) is 4.79 Å². The van der Waals surface area contributed by atoms with E-state index in [1.165, 1.54) is 16.7 Å². The van der Waals surface area contributed by atoms with Crippen LogP contribution in [0.5, 0.6) is 5.75 Å². The number of esters is 1. The second-order valence-corrected chi connectivity index (χ2v) is 8.15. The van der Waals surface area contributed by atoms with Gasteiger partial charge in [0, 0.05) is 0 Å². The number of amides is 2. The zero-order valence-electron chi connectivity index (χ0n) is 16.7. The molecular formula is C19H26N2O6S. The van der Waals surface area contributed by atoms with Gasteiger partial charge in [-0.15, -0.1) is 11.8 Å². The molecule has 2 amide bonds. The predicted octanol–water partition coefficient (Wildman–Crippen LogP) is 2.16. The molecule has 1 N–H and O–H groups in total. The molecule has 1 aromatic rings. The summed E-state index contributed by atoms with van der Waals surface area (Å²) in [7, 11) is 1.58. The van der Waals surface area contributed by atoms with Crippen molar-refractivity contribution in [3.63, 3.8) is 0 Å². The van der Waals surface area contributed by atoms with Crippen LogP contribution in [0, 0.1) is 0 Å². The summed E-state index contributed by atoms with van der Waals surface area (Å²) in [5.74, 6) is -0.134. The Labute approximate surface area is 168 Å². The van der Waals surface area contributed by atoms with Crippen molar-refractivity contribution in [1.82, 2.24) is 10.2 Å². The predicted molar refractivity (Wildman–Crippen MR) is 105 cm³/mol. The van der Waals surface area contributed by atoms with E-state index in [0.717, 1.165) is 5.56 Å². The molecule has 9 heteroatoms. The van der Waals surface area contributed by atoms with E-state index in [1.807, 2.05) is 0 Å². The van der Waals surface area contributed by atoms with Crippen LogP contribution in [0.3, 0.4) is 0 Å². The fourth-order valence-corrected chi connectivity index (χ4v) is 3.22. The van der Waals surface area contributed by atoms with Crippen LogP contribution in [-0.4, -0.2) is 59.8 Å². The van der Waals surface area contributed by atoms with Gasteiger partial charge in [0.25, 0.3) is 0 Å². The molecule has 1 fully saturated rings. The van der Waals surface area contributed by atoms with E-state index in [9.17, 15) is 14.4 Å². The Hall–Kier alpha value is -2.42. The maximum absolute atomic E-state index is 12.4. The molecule has 1 saturated heterocycles. The zero-order chi connectivity index (χ0) is 20.9. The van der Waals surface area contributed by atoms with E-state index in [-0.39, 0.29) is 19.1 Å². The molecule has 2 atom stereocenters. The van der Waals surface area contributed by atoms with E-state index in [1.54, 1.807) is 58.4 Å². The van der Waals surface area contributed by atoms with Crippen LogP contribution < -0.4 is 10.1 Å². The number of nitrogens with zero attached hydrogens (tertiary/aromatic N) is 1. The first kappa shape index (κ1) is 21.9. The van der Waals surface area contributed by atoms with Gasteiger partial charge in [0.2, 0.25) is 5.91 Å². The van der Waals surface area contributed by atoms with Crippen LogP contribution in [0.4, 0.5) is 4.79 Å². The Morgan fingerprint density at radius 3 is 2.43 bits per heavy atom. The van der Waals surface area contributed by atoms with Crippen LogP contribution in [-0.2, 0) is 25.7 Å². The third-order valence-electron chi connectivity index (χ3n) is 3.90. The molecule has 1 aliphatic heterocycles. The number of rotatable bonds is 7. The molecule has 8 nitrogen and oxygen atoms in total. The summed E-state index contributed by atoms with van der Waals surface area (Å²) in [6, 6.07) is 6.47. The van der Waals surface area contributed by atoms with Gasteiger partial charge >= 0.3 is 12.1 Å². The molecule has 2 rings (SSSR count). The normalized spacial score (nSPS) is 17.4. The number of thioether (sulfide) groups is 1. The molecule has 0 spiro atoms. The molecule has 1 aliphatic rings. The maximum Gasteiger partial charge on any atom is 0.408 e. The van der Waals surface area contributed by atoms with Gasteiger partial charge in [-0.25, -0.2) is 9.59 Å². The first-order chi connectivity index (χ1) is 13.1. The second kappa shape index (κ2) is 9.18. The third-order valence-corrected chi connectivity index (χ3v) is 4.79. The van der Waals surface area contributed by atoms with Crippen LogP contribution in [0.15, 0.2) is 24.3 Å². The number of methoxy groups -OCH3 is 1. The standard InChI is InChI=1S/C19H26N2O6S/c1-19(2,3)27-18(24)20-14-10-21(15(14)22)16(28-5)17(23)26-11-12-6-8-13(25-4)9-7-12/h6-9,14,16H,10-11H2,1-5H3,(H,20,24)/t14-,16?/m0/s1. The maximum atomic E-state index is 12.4. The number of benzene rings is 1. The summed E-state index contributed by atoms with van der Waals surface area (Å²) in [6.45, 7) is 5.54. The lowest BCUT2D eigenvalue weighted by Gasteiger charge is -2.41. The van der Waals surface area contributed by atoms with Crippen molar-refractivity contribution >= 4 is 29.7 Å². The number of carbonyl (C=O) groups is 3. The van der Waals surface area contributed by atoms with Crippen molar-refractivity contribution in [1.29, 1.82) is 0 Å². The van der Waals surface area contributed by atoms with Crippen molar-refractivity contribution in [2.45, 2.75) is 44.4 Å². The number of hydrogen-bond donors (Lipinski definition) is 1. The topological polar surface area (TPSA) is 94.2 Å². The number of carbonyl (C=O) groups excluding carboxylic acids is 3. The van der Waals surface area contributed by atoms with Crippen LogP contribution in [0.25, 0.3) is 0 Å². The Morgan fingerprint density at radius 2 is 1.93 bits per heavy atom. The SMILES string of the molecule is COc1ccc(COC(=O)C(SC)N2C[C@H](NC(=O)OC(C)(C)C)C2=O)cc1. The van der Waals surface area contributed by atoms with Crippen LogP contribution in [0.1, 0.15) is 26.3 Å². The summed E-state index contributed by atoms with van der Waals surface area (Å²) in [4.78, 5) is 37.9. The van der Waals surface area contributed by atoms with Gasteiger partial charge in [0.05, 0.1) is 13.7 Å². The molecule has 0 aromatic heterocycles. The summed E-state index contributed by atoms with van der Waals surface area (Å²) >= 11 is 1.20. The van der Waals surface area contributed by atoms with Gasteiger partial charge < -0.3 is 24.4 Å². The van der Waals surface area contributed by atoms with E-state index in [0.29, 0.717) is 5.75 Å². The van der Waals surface area contributed by atoms with E-state index < -0.39 is 29.1 Å². The molecule has 1 heterocycles. The molecule has 28 heavy (non-hydrogen) atoms. The lowest BCUT2D eigenvalue weighted by Crippen LogP contribution is -2.67. The summed E-state index contributed by atoms with van der Waals surface area (Å²) in [5.41, 5.74) is 0.164. The van der Waals surface area contributed by atoms with Gasteiger partial charge in [-0.05, 0) is 44.7 Å². The average molecular weight is 410 g/mol. The molecule has 0 bridgehead atoms. The highest BCUT2D eigenvalue weighted by Gasteiger charge is 2.45.